The Morgan fingerprint density at radius 1 is 1.33 bits per heavy atom. The molecule has 2 unspecified atom stereocenters. The van der Waals surface area contributed by atoms with E-state index < -0.39 is 0 Å². The third-order valence-electron chi connectivity index (χ3n) is 4.35. The molecule has 0 aromatic rings. The van der Waals surface area contributed by atoms with Crippen LogP contribution in [0.5, 0.6) is 0 Å². The minimum absolute atomic E-state index is 0.557. The highest BCUT2D eigenvalue weighted by Crippen LogP contribution is 2.41. The van der Waals surface area contributed by atoms with Crippen LogP contribution in [-0.4, -0.2) is 36.6 Å². The predicted molar refractivity (Wildman–Crippen MR) is 65.1 cm³/mol. The van der Waals surface area contributed by atoms with Crippen LogP contribution in [0.25, 0.3) is 0 Å². The molecule has 2 atom stereocenters. The van der Waals surface area contributed by atoms with Gasteiger partial charge in [0.2, 0.25) is 0 Å². The standard InChI is InChI=1S/C13H26N2/c1-4-14-11-7-9-15(10-11)12-6-5-8-13(12,2)3/h11-12,14H,4-10H2,1-3H3. The van der Waals surface area contributed by atoms with Crippen molar-refractivity contribution in [2.75, 3.05) is 19.6 Å². The Hall–Kier alpha value is -0.0800. The van der Waals surface area contributed by atoms with Crippen molar-refractivity contribution in [3.05, 3.63) is 0 Å². The molecule has 1 saturated heterocycles. The topological polar surface area (TPSA) is 15.3 Å². The summed E-state index contributed by atoms with van der Waals surface area (Å²) in [6.07, 6.45) is 5.62. The number of hydrogen-bond acceptors (Lipinski definition) is 2. The van der Waals surface area contributed by atoms with Gasteiger partial charge < -0.3 is 5.32 Å². The highest BCUT2D eigenvalue weighted by molar-refractivity contribution is 4.95. The van der Waals surface area contributed by atoms with Crippen LogP contribution in [0.3, 0.4) is 0 Å². The van der Waals surface area contributed by atoms with E-state index >= 15 is 0 Å². The van der Waals surface area contributed by atoms with E-state index in [4.69, 9.17) is 0 Å². The molecule has 1 N–H and O–H groups in total. The van der Waals surface area contributed by atoms with Crippen molar-refractivity contribution in [2.45, 2.75) is 58.5 Å². The summed E-state index contributed by atoms with van der Waals surface area (Å²) in [4.78, 5) is 2.74. The van der Waals surface area contributed by atoms with Gasteiger partial charge in [0, 0.05) is 25.2 Å². The highest BCUT2D eigenvalue weighted by Gasteiger charge is 2.40. The molecule has 0 aromatic carbocycles. The lowest BCUT2D eigenvalue weighted by Gasteiger charge is -2.35. The first-order chi connectivity index (χ1) is 7.13. The average molecular weight is 210 g/mol. The van der Waals surface area contributed by atoms with Crippen LogP contribution in [-0.2, 0) is 0 Å². The van der Waals surface area contributed by atoms with Gasteiger partial charge in [-0.1, -0.05) is 27.2 Å². The molecule has 88 valence electrons. The van der Waals surface area contributed by atoms with E-state index in [0.29, 0.717) is 5.41 Å². The first-order valence-corrected chi connectivity index (χ1v) is 6.61. The minimum Gasteiger partial charge on any atom is -0.313 e. The van der Waals surface area contributed by atoms with E-state index in [9.17, 15) is 0 Å². The van der Waals surface area contributed by atoms with Crippen molar-refractivity contribution in [1.29, 1.82) is 0 Å². The molecule has 2 rings (SSSR count). The smallest absolute Gasteiger partial charge is 0.0207 e. The third-order valence-corrected chi connectivity index (χ3v) is 4.35. The van der Waals surface area contributed by atoms with Crippen molar-refractivity contribution >= 4 is 0 Å². The van der Waals surface area contributed by atoms with E-state index in [-0.39, 0.29) is 0 Å². The molecule has 15 heavy (non-hydrogen) atoms. The molecular weight excluding hydrogens is 184 g/mol. The number of likely N-dealkylation sites (N-methyl/N-ethyl adjacent to an activating group) is 1. The second-order valence-corrected chi connectivity index (χ2v) is 5.93. The van der Waals surface area contributed by atoms with Crippen LogP contribution >= 0.6 is 0 Å². The molecule has 0 radical (unpaired) electrons. The van der Waals surface area contributed by atoms with Crippen molar-refractivity contribution in [1.82, 2.24) is 10.2 Å². The summed E-state index contributed by atoms with van der Waals surface area (Å²) >= 11 is 0. The summed E-state index contributed by atoms with van der Waals surface area (Å²) < 4.78 is 0. The van der Waals surface area contributed by atoms with E-state index in [1.807, 2.05) is 0 Å². The largest absolute Gasteiger partial charge is 0.313 e. The van der Waals surface area contributed by atoms with E-state index in [0.717, 1.165) is 18.6 Å². The van der Waals surface area contributed by atoms with Gasteiger partial charge in [0.1, 0.15) is 0 Å². The number of nitrogens with one attached hydrogen (secondary N) is 1. The van der Waals surface area contributed by atoms with Gasteiger partial charge >= 0.3 is 0 Å². The molecule has 2 nitrogen and oxygen atoms in total. The fourth-order valence-corrected chi connectivity index (χ4v) is 3.51. The molecular formula is C13H26N2. The SMILES string of the molecule is CCNC1CCN(C2CCCC2(C)C)C1. The number of likely N-dealkylation sites (tertiary alicyclic amines) is 1. The zero-order chi connectivity index (χ0) is 10.9. The molecule has 1 aliphatic heterocycles. The minimum atomic E-state index is 0.557. The molecule has 1 aliphatic carbocycles. The molecule has 0 amide bonds. The summed E-state index contributed by atoms with van der Waals surface area (Å²) in [7, 11) is 0. The summed E-state index contributed by atoms with van der Waals surface area (Å²) in [6, 6.07) is 1.60. The van der Waals surface area contributed by atoms with Crippen molar-refractivity contribution in [2.24, 2.45) is 5.41 Å². The van der Waals surface area contributed by atoms with Gasteiger partial charge in [0.25, 0.3) is 0 Å². The highest BCUT2D eigenvalue weighted by atomic mass is 15.2. The first kappa shape index (κ1) is 11.4. The Balaban J connectivity index is 1.90. The molecule has 1 heterocycles. The van der Waals surface area contributed by atoms with Crippen LogP contribution in [0, 0.1) is 5.41 Å². The lowest BCUT2D eigenvalue weighted by atomic mass is 9.86. The Bertz CT molecular complexity index is 213. The Labute approximate surface area is 94.4 Å². The first-order valence-electron chi connectivity index (χ1n) is 6.61. The third kappa shape index (κ3) is 2.36. The molecule has 2 aliphatic rings. The number of nitrogens with zero attached hydrogens (tertiary/aromatic N) is 1. The molecule has 0 spiro atoms. The summed E-state index contributed by atoms with van der Waals surface area (Å²) in [5.41, 5.74) is 0.557. The van der Waals surface area contributed by atoms with Crippen LogP contribution in [0.4, 0.5) is 0 Å². The second-order valence-electron chi connectivity index (χ2n) is 5.93. The van der Waals surface area contributed by atoms with Crippen LogP contribution in [0.2, 0.25) is 0 Å². The predicted octanol–water partition coefficient (Wildman–Crippen LogP) is 2.25. The van der Waals surface area contributed by atoms with E-state index in [1.54, 1.807) is 0 Å². The van der Waals surface area contributed by atoms with Gasteiger partial charge in [-0.25, -0.2) is 0 Å². The normalized spacial score (nSPS) is 36.2. The van der Waals surface area contributed by atoms with Gasteiger partial charge in [-0.05, 0) is 31.2 Å². The molecule has 0 aromatic heterocycles. The maximum Gasteiger partial charge on any atom is 0.0207 e. The molecule has 2 fully saturated rings. The maximum atomic E-state index is 3.58. The molecule has 2 heteroatoms. The van der Waals surface area contributed by atoms with E-state index in [2.05, 4.69) is 31.0 Å². The van der Waals surface area contributed by atoms with Gasteiger partial charge in [-0.15, -0.1) is 0 Å². The fraction of sp³-hybridized carbons (Fsp3) is 1.00. The van der Waals surface area contributed by atoms with Crippen LogP contribution < -0.4 is 5.32 Å². The average Bonchev–Trinajstić information content (AvgIpc) is 2.72. The lowest BCUT2D eigenvalue weighted by Crippen LogP contribution is -2.42. The zero-order valence-corrected chi connectivity index (χ0v) is 10.6. The van der Waals surface area contributed by atoms with Gasteiger partial charge in [0.05, 0.1) is 0 Å². The zero-order valence-electron chi connectivity index (χ0n) is 10.6. The van der Waals surface area contributed by atoms with Crippen molar-refractivity contribution in [3.63, 3.8) is 0 Å². The summed E-state index contributed by atoms with van der Waals surface area (Å²) in [6.45, 7) is 10.8. The number of rotatable bonds is 3. The maximum absolute atomic E-state index is 3.58. The summed E-state index contributed by atoms with van der Waals surface area (Å²) in [5.74, 6) is 0. The van der Waals surface area contributed by atoms with Gasteiger partial charge in [-0.2, -0.15) is 0 Å². The van der Waals surface area contributed by atoms with Crippen molar-refractivity contribution in [3.8, 4) is 0 Å². The number of hydrogen-bond donors (Lipinski definition) is 1. The van der Waals surface area contributed by atoms with E-state index in [1.165, 1.54) is 38.8 Å². The monoisotopic (exact) mass is 210 g/mol. The van der Waals surface area contributed by atoms with Gasteiger partial charge in [-0.3, -0.25) is 4.90 Å². The van der Waals surface area contributed by atoms with Crippen LogP contribution in [0.15, 0.2) is 0 Å². The quantitative estimate of drug-likeness (QED) is 0.768. The summed E-state index contributed by atoms with van der Waals surface area (Å²) in [5, 5.41) is 3.58. The Morgan fingerprint density at radius 2 is 2.13 bits per heavy atom. The fourth-order valence-electron chi connectivity index (χ4n) is 3.51. The molecule has 0 bridgehead atoms. The lowest BCUT2D eigenvalue weighted by molar-refractivity contribution is 0.137. The van der Waals surface area contributed by atoms with Crippen LogP contribution in [0.1, 0.15) is 46.5 Å². The Kier molecular flexibility index (Phi) is 3.36. The second kappa shape index (κ2) is 4.42. The van der Waals surface area contributed by atoms with Gasteiger partial charge in [0.15, 0.2) is 0 Å². The molecule has 1 saturated carbocycles. The Morgan fingerprint density at radius 3 is 2.73 bits per heavy atom. The van der Waals surface area contributed by atoms with Crippen molar-refractivity contribution < 1.29 is 0 Å².